The molecule has 0 spiro atoms. The van der Waals surface area contributed by atoms with E-state index in [2.05, 4.69) is 22.4 Å². The molecule has 0 aliphatic heterocycles. The Hall–Kier alpha value is -1.28. The Morgan fingerprint density at radius 2 is 1.45 bits per heavy atom. The van der Waals surface area contributed by atoms with E-state index in [4.69, 9.17) is 19.6 Å². The van der Waals surface area contributed by atoms with Crippen molar-refractivity contribution in [2.45, 2.75) is 0 Å². The Kier molecular flexibility index (Phi) is 10.1. The summed E-state index contributed by atoms with van der Waals surface area (Å²) < 4.78 is 27.8. The van der Waals surface area contributed by atoms with Gasteiger partial charge in [0.1, 0.15) is 6.61 Å². The van der Waals surface area contributed by atoms with E-state index in [0.717, 1.165) is 6.08 Å². The molecule has 0 atom stereocenters. The molecule has 0 rings (SSSR count). The first-order valence-electron chi connectivity index (χ1n) is 4.66. The summed E-state index contributed by atoms with van der Waals surface area (Å²) in [4.78, 5) is 52.8. The van der Waals surface area contributed by atoms with Crippen LogP contribution >= 0.6 is 15.4 Å². The van der Waals surface area contributed by atoms with Gasteiger partial charge in [-0.15, -0.1) is 0 Å². The standard InChI is InChI=1S/C5H9O5P.C3H5O5P/c1-2-5(6)10-3-4-11(7,8)9;1-2-3(4)8-9(5,6)7/h2H,1,3-4H2,(H2,7,8,9);2H,1H2,(H2,5,6,7). The molecule has 0 aliphatic rings. The third-order valence-electron chi connectivity index (χ3n) is 1.17. The minimum absolute atomic E-state index is 0.283. The average molecular weight is 332 g/mol. The topological polar surface area (TPSA) is 168 Å². The third kappa shape index (κ3) is 19.1. The van der Waals surface area contributed by atoms with Gasteiger partial charge in [-0.2, -0.15) is 0 Å². The molecule has 0 unspecified atom stereocenters. The van der Waals surface area contributed by atoms with Crippen molar-refractivity contribution >= 4 is 27.4 Å². The summed E-state index contributed by atoms with van der Waals surface area (Å²) in [7, 11) is -8.70. The van der Waals surface area contributed by atoms with E-state index in [1.807, 2.05) is 0 Å². The molecule has 0 fully saturated rings. The third-order valence-corrected chi connectivity index (χ3v) is 2.35. The number of hydrogen-bond donors (Lipinski definition) is 4. The first kappa shape index (κ1) is 21.0. The Morgan fingerprint density at radius 1 is 1.00 bits per heavy atom. The zero-order valence-corrected chi connectivity index (χ0v) is 11.9. The van der Waals surface area contributed by atoms with Crippen LogP contribution in [0.25, 0.3) is 0 Å². The normalized spacial score (nSPS) is 10.6. The van der Waals surface area contributed by atoms with Crippen LogP contribution in [0, 0.1) is 0 Å². The van der Waals surface area contributed by atoms with Crippen LogP contribution in [0.15, 0.2) is 25.3 Å². The largest absolute Gasteiger partial charge is 0.527 e. The zero-order chi connectivity index (χ0) is 16.4. The number of hydrogen-bond acceptors (Lipinski definition) is 6. The lowest BCUT2D eigenvalue weighted by Gasteiger charge is -2.02. The fraction of sp³-hybridized carbons (Fsp3) is 0.250. The molecule has 12 heteroatoms. The molecule has 0 amide bonds. The van der Waals surface area contributed by atoms with Crippen LogP contribution in [0.3, 0.4) is 0 Å². The van der Waals surface area contributed by atoms with Crippen LogP contribution in [-0.4, -0.2) is 44.3 Å². The maximum Gasteiger partial charge on any atom is 0.527 e. The molecule has 0 aromatic rings. The second-order valence-electron chi connectivity index (χ2n) is 2.86. The number of phosphoric ester groups is 1. The number of rotatable bonds is 6. The van der Waals surface area contributed by atoms with Crippen molar-refractivity contribution in [3.8, 4) is 0 Å². The molecule has 0 radical (unpaired) electrons. The summed E-state index contributed by atoms with van der Waals surface area (Å²) >= 11 is 0. The molecule has 0 heterocycles. The molecule has 4 N–H and O–H groups in total. The summed E-state index contributed by atoms with van der Waals surface area (Å²) in [5.41, 5.74) is 0. The van der Waals surface area contributed by atoms with Crippen LogP contribution in [-0.2, 0) is 28.0 Å². The molecular weight excluding hydrogens is 318 g/mol. The molecule has 0 aliphatic carbocycles. The minimum Gasteiger partial charge on any atom is -0.462 e. The lowest BCUT2D eigenvalue weighted by atomic mass is 10.6. The number of phosphoric acid groups is 1. The summed E-state index contributed by atoms with van der Waals surface area (Å²) in [5.74, 6) is -1.82. The summed E-state index contributed by atoms with van der Waals surface area (Å²) in [6.45, 7) is 5.75. The van der Waals surface area contributed by atoms with Crippen LogP contribution in [0.1, 0.15) is 0 Å². The zero-order valence-electron chi connectivity index (χ0n) is 10.1. The predicted molar refractivity (Wildman–Crippen MR) is 66.4 cm³/mol. The smallest absolute Gasteiger partial charge is 0.462 e. The van der Waals surface area contributed by atoms with Crippen molar-refractivity contribution in [2.75, 3.05) is 12.8 Å². The van der Waals surface area contributed by atoms with Gasteiger partial charge in [0.05, 0.1) is 6.16 Å². The Bertz CT molecular complexity index is 444. The van der Waals surface area contributed by atoms with Gasteiger partial charge in [-0.05, 0) is 0 Å². The van der Waals surface area contributed by atoms with Gasteiger partial charge in [0.2, 0.25) is 0 Å². The minimum atomic E-state index is -4.66. The molecule has 0 aromatic heterocycles. The maximum absolute atomic E-state index is 10.3. The molecule has 0 bridgehead atoms. The van der Waals surface area contributed by atoms with Crippen molar-refractivity contribution in [3.05, 3.63) is 25.3 Å². The van der Waals surface area contributed by atoms with Crippen LogP contribution in [0.2, 0.25) is 0 Å². The molecular formula is C8H14O10P2. The van der Waals surface area contributed by atoms with E-state index in [1.54, 1.807) is 0 Å². The van der Waals surface area contributed by atoms with Gasteiger partial charge in [0.25, 0.3) is 0 Å². The number of esters is 1. The molecule has 116 valence electrons. The van der Waals surface area contributed by atoms with E-state index < -0.39 is 33.5 Å². The summed E-state index contributed by atoms with van der Waals surface area (Å²) in [6, 6.07) is 0. The molecule has 0 saturated carbocycles. The highest BCUT2D eigenvalue weighted by Crippen LogP contribution is 2.35. The van der Waals surface area contributed by atoms with Gasteiger partial charge in [0, 0.05) is 12.2 Å². The monoisotopic (exact) mass is 332 g/mol. The lowest BCUT2D eigenvalue weighted by Crippen LogP contribution is -2.05. The highest BCUT2D eigenvalue weighted by atomic mass is 31.2. The lowest BCUT2D eigenvalue weighted by molar-refractivity contribution is -0.137. The molecule has 10 nitrogen and oxygen atoms in total. The summed E-state index contributed by atoms with van der Waals surface area (Å²) in [6.07, 6.45) is 1.14. The Balaban J connectivity index is 0. The van der Waals surface area contributed by atoms with Crippen molar-refractivity contribution < 1.29 is 47.6 Å². The van der Waals surface area contributed by atoms with E-state index >= 15 is 0 Å². The highest BCUT2D eigenvalue weighted by molar-refractivity contribution is 7.51. The number of ether oxygens (including phenoxy) is 1. The maximum atomic E-state index is 10.3. The van der Waals surface area contributed by atoms with Gasteiger partial charge >= 0.3 is 27.4 Å². The fourth-order valence-electron chi connectivity index (χ4n) is 0.479. The van der Waals surface area contributed by atoms with Gasteiger partial charge in [-0.25, -0.2) is 14.2 Å². The second-order valence-corrected chi connectivity index (χ2v) is 5.81. The first-order valence-corrected chi connectivity index (χ1v) is 7.99. The quantitative estimate of drug-likeness (QED) is 0.288. The van der Waals surface area contributed by atoms with Crippen LogP contribution < -0.4 is 0 Å². The Labute approximate surface area is 114 Å². The van der Waals surface area contributed by atoms with Crippen molar-refractivity contribution in [3.63, 3.8) is 0 Å². The van der Waals surface area contributed by atoms with Crippen molar-refractivity contribution in [1.82, 2.24) is 0 Å². The number of carbonyl (C=O) groups excluding carboxylic acids is 2. The SMILES string of the molecule is C=CC(=O)OCCP(=O)(O)O.C=CC(=O)OP(=O)(O)O. The van der Waals surface area contributed by atoms with Crippen molar-refractivity contribution in [1.29, 1.82) is 0 Å². The summed E-state index contributed by atoms with van der Waals surface area (Å²) in [5, 5.41) is 0. The molecule has 20 heavy (non-hydrogen) atoms. The van der Waals surface area contributed by atoms with E-state index in [9.17, 15) is 18.7 Å². The fourth-order valence-corrected chi connectivity index (χ4v) is 1.12. The van der Waals surface area contributed by atoms with Gasteiger partial charge in [-0.3, -0.25) is 14.4 Å². The van der Waals surface area contributed by atoms with E-state index in [-0.39, 0.29) is 6.61 Å². The first-order chi connectivity index (χ1) is 8.91. The van der Waals surface area contributed by atoms with Gasteiger partial charge < -0.3 is 19.0 Å². The average Bonchev–Trinajstić information content (AvgIpc) is 2.25. The number of carbonyl (C=O) groups is 2. The Morgan fingerprint density at radius 3 is 1.70 bits per heavy atom. The van der Waals surface area contributed by atoms with E-state index in [0.29, 0.717) is 6.08 Å². The van der Waals surface area contributed by atoms with Crippen LogP contribution in [0.5, 0.6) is 0 Å². The molecule has 0 aromatic carbocycles. The van der Waals surface area contributed by atoms with E-state index in [1.165, 1.54) is 0 Å². The van der Waals surface area contributed by atoms with Gasteiger partial charge in [-0.1, -0.05) is 13.2 Å². The van der Waals surface area contributed by atoms with Crippen molar-refractivity contribution in [2.24, 2.45) is 0 Å². The predicted octanol–water partition coefficient (Wildman–Crippen LogP) is -0.298. The highest BCUT2D eigenvalue weighted by Gasteiger charge is 2.17. The van der Waals surface area contributed by atoms with Gasteiger partial charge in [0.15, 0.2) is 0 Å². The van der Waals surface area contributed by atoms with Crippen LogP contribution in [0.4, 0.5) is 0 Å². The second kappa shape index (κ2) is 9.60. The molecule has 0 saturated heterocycles.